The minimum atomic E-state index is 0.529. The maximum atomic E-state index is 5.74. The topological polar surface area (TPSA) is 53.1 Å². The number of benzene rings is 1. The van der Waals surface area contributed by atoms with Crippen LogP contribution in [-0.2, 0) is 0 Å². The second-order valence-corrected chi connectivity index (χ2v) is 5.44. The average Bonchev–Trinajstić information content (AvgIpc) is 2.90. The number of methoxy groups -OCH3 is 1. The van der Waals surface area contributed by atoms with E-state index in [1.807, 2.05) is 12.1 Å². The molecular weight excluding hydrogens is 238 g/mol. The van der Waals surface area contributed by atoms with E-state index < -0.39 is 0 Å². The molecule has 3 rings (SSSR count). The molecule has 2 N–H and O–H groups in total. The van der Waals surface area contributed by atoms with Crippen LogP contribution < -0.4 is 10.5 Å². The molecule has 19 heavy (non-hydrogen) atoms. The molecule has 1 aromatic carbocycles. The zero-order valence-electron chi connectivity index (χ0n) is 11.4. The summed E-state index contributed by atoms with van der Waals surface area (Å²) in [6.07, 6.45) is 6.98. The Hall–Kier alpha value is -1.55. The summed E-state index contributed by atoms with van der Waals surface area (Å²) in [5.74, 6) is 1.57. The zero-order chi connectivity index (χ0) is 13.2. The summed E-state index contributed by atoms with van der Waals surface area (Å²) in [7, 11) is 1.69. The van der Waals surface area contributed by atoms with Crippen molar-refractivity contribution in [2.75, 3.05) is 13.7 Å². The largest absolute Gasteiger partial charge is 0.497 e. The van der Waals surface area contributed by atoms with Crippen LogP contribution in [0.4, 0.5) is 0 Å². The lowest BCUT2D eigenvalue weighted by Crippen LogP contribution is -2.23. The van der Waals surface area contributed by atoms with Gasteiger partial charge in [0, 0.05) is 17.6 Å². The Morgan fingerprint density at radius 1 is 1.32 bits per heavy atom. The molecule has 1 aliphatic rings. The molecule has 0 radical (unpaired) electrons. The Morgan fingerprint density at radius 3 is 2.79 bits per heavy atom. The number of ether oxygens (including phenoxy) is 1. The van der Waals surface area contributed by atoms with E-state index in [4.69, 9.17) is 15.6 Å². The summed E-state index contributed by atoms with van der Waals surface area (Å²) >= 11 is 0. The van der Waals surface area contributed by atoms with E-state index in [9.17, 15) is 0 Å². The number of nitrogens with zero attached hydrogens (tertiary/aromatic N) is 2. The van der Waals surface area contributed by atoms with Crippen molar-refractivity contribution in [3.05, 3.63) is 24.4 Å². The van der Waals surface area contributed by atoms with Crippen LogP contribution in [0.1, 0.15) is 31.7 Å². The van der Waals surface area contributed by atoms with Crippen LogP contribution >= 0.6 is 0 Å². The quantitative estimate of drug-likeness (QED) is 0.922. The predicted molar refractivity (Wildman–Crippen MR) is 76.3 cm³/mol. The molecule has 0 unspecified atom stereocenters. The molecule has 0 aliphatic heterocycles. The third-order valence-electron chi connectivity index (χ3n) is 4.26. The van der Waals surface area contributed by atoms with Crippen LogP contribution in [-0.4, -0.2) is 23.4 Å². The predicted octanol–water partition coefficient (Wildman–Crippen LogP) is 2.73. The molecule has 1 aromatic heterocycles. The second kappa shape index (κ2) is 5.21. The number of fused-ring (bicyclic) bond motifs is 1. The summed E-state index contributed by atoms with van der Waals surface area (Å²) in [5.41, 5.74) is 6.76. The SMILES string of the molecule is COc1ccc2cn([C@H]3CC[C@H](CN)CC3)nc2c1. The second-order valence-electron chi connectivity index (χ2n) is 5.44. The molecule has 0 bridgehead atoms. The first-order valence-electron chi connectivity index (χ1n) is 7.03. The Kier molecular flexibility index (Phi) is 3.42. The maximum absolute atomic E-state index is 5.74. The summed E-state index contributed by atoms with van der Waals surface area (Å²) in [6, 6.07) is 6.58. The molecule has 4 heteroatoms. The molecule has 0 spiro atoms. The highest BCUT2D eigenvalue weighted by atomic mass is 16.5. The minimum Gasteiger partial charge on any atom is -0.497 e. The van der Waals surface area contributed by atoms with E-state index in [0.29, 0.717) is 12.0 Å². The van der Waals surface area contributed by atoms with Crippen LogP contribution in [0.2, 0.25) is 0 Å². The molecule has 1 saturated carbocycles. The van der Waals surface area contributed by atoms with Crippen molar-refractivity contribution in [2.45, 2.75) is 31.7 Å². The molecule has 0 saturated heterocycles. The smallest absolute Gasteiger partial charge is 0.121 e. The van der Waals surface area contributed by atoms with Gasteiger partial charge in [-0.2, -0.15) is 5.10 Å². The van der Waals surface area contributed by atoms with Crippen molar-refractivity contribution in [1.82, 2.24) is 9.78 Å². The number of hydrogen-bond acceptors (Lipinski definition) is 3. The van der Waals surface area contributed by atoms with Gasteiger partial charge >= 0.3 is 0 Å². The van der Waals surface area contributed by atoms with Crippen LogP contribution in [0, 0.1) is 5.92 Å². The van der Waals surface area contributed by atoms with Gasteiger partial charge in [-0.1, -0.05) is 0 Å². The van der Waals surface area contributed by atoms with Crippen molar-refractivity contribution < 1.29 is 4.74 Å². The van der Waals surface area contributed by atoms with Crippen LogP contribution in [0.15, 0.2) is 24.4 Å². The lowest BCUT2D eigenvalue weighted by Gasteiger charge is -2.27. The number of hydrogen-bond donors (Lipinski definition) is 1. The molecule has 2 aromatic rings. The van der Waals surface area contributed by atoms with Crippen molar-refractivity contribution in [3.63, 3.8) is 0 Å². The van der Waals surface area contributed by atoms with Gasteiger partial charge in [0.1, 0.15) is 5.75 Å². The summed E-state index contributed by atoms with van der Waals surface area (Å²) < 4.78 is 7.38. The Morgan fingerprint density at radius 2 is 2.11 bits per heavy atom. The van der Waals surface area contributed by atoms with Gasteiger partial charge in [-0.05, 0) is 50.3 Å². The number of nitrogens with two attached hydrogens (primary N) is 1. The molecule has 0 amide bonds. The first-order valence-corrected chi connectivity index (χ1v) is 7.03. The zero-order valence-corrected chi connectivity index (χ0v) is 11.4. The maximum Gasteiger partial charge on any atom is 0.121 e. The first kappa shape index (κ1) is 12.5. The summed E-state index contributed by atoms with van der Waals surface area (Å²) in [4.78, 5) is 0. The van der Waals surface area contributed by atoms with Gasteiger partial charge in [0.2, 0.25) is 0 Å². The van der Waals surface area contributed by atoms with Gasteiger partial charge in [0.25, 0.3) is 0 Å². The van der Waals surface area contributed by atoms with Gasteiger partial charge < -0.3 is 10.5 Å². The van der Waals surface area contributed by atoms with E-state index in [2.05, 4.69) is 16.9 Å². The monoisotopic (exact) mass is 259 g/mol. The van der Waals surface area contributed by atoms with Gasteiger partial charge in [-0.15, -0.1) is 0 Å². The van der Waals surface area contributed by atoms with Crippen molar-refractivity contribution in [1.29, 1.82) is 0 Å². The van der Waals surface area contributed by atoms with E-state index in [1.54, 1.807) is 7.11 Å². The molecule has 1 aliphatic carbocycles. The molecule has 102 valence electrons. The molecule has 1 fully saturated rings. The normalized spacial score (nSPS) is 23.7. The first-order chi connectivity index (χ1) is 9.30. The fourth-order valence-corrected chi connectivity index (χ4v) is 2.97. The molecule has 1 heterocycles. The molecular formula is C15H21N3O. The van der Waals surface area contributed by atoms with Crippen molar-refractivity contribution in [3.8, 4) is 5.75 Å². The van der Waals surface area contributed by atoms with Crippen molar-refractivity contribution in [2.24, 2.45) is 11.7 Å². The standard InChI is InChI=1S/C15H21N3O/c1-19-14-7-4-12-10-18(17-15(12)8-14)13-5-2-11(9-16)3-6-13/h4,7-8,10-11,13H,2-3,5-6,9,16H2,1H3/t11-,13-. The van der Waals surface area contributed by atoms with Crippen LogP contribution in [0.5, 0.6) is 5.75 Å². The van der Waals surface area contributed by atoms with Gasteiger partial charge in [0.15, 0.2) is 0 Å². The summed E-state index contributed by atoms with van der Waals surface area (Å²) in [6.45, 7) is 0.824. The van der Waals surface area contributed by atoms with Crippen LogP contribution in [0.25, 0.3) is 10.9 Å². The Bertz CT molecular complexity index is 556. The Labute approximate surface area is 113 Å². The van der Waals surface area contributed by atoms with Gasteiger partial charge in [-0.25, -0.2) is 0 Å². The molecule has 4 nitrogen and oxygen atoms in total. The number of rotatable bonds is 3. The lowest BCUT2D eigenvalue weighted by molar-refractivity contribution is 0.266. The average molecular weight is 259 g/mol. The van der Waals surface area contributed by atoms with Gasteiger partial charge in [-0.3, -0.25) is 4.68 Å². The summed E-state index contributed by atoms with van der Waals surface area (Å²) in [5, 5.41) is 5.88. The Balaban J connectivity index is 1.81. The van der Waals surface area contributed by atoms with E-state index >= 15 is 0 Å². The van der Waals surface area contributed by atoms with Crippen molar-refractivity contribution >= 4 is 10.9 Å². The number of aromatic nitrogens is 2. The third-order valence-corrected chi connectivity index (χ3v) is 4.26. The van der Waals surface area contributed by atoms with E-state index in [0.717, 1.165) is 17.8 Å². The lowest BCUT2D eigenvalue weighted by atomic mass is 9.86. The minimum absolute atomic E-state index is 0.529. The highest BCUT2D eigenvalue weighted by molar-refractivity contribution is 5.79. The fourth-order valence-electron chi connectivity index (χ4n) is 2.97. The molecule has 0 atom stereocenters. The highest BCUT2D eigenvalue weighted by Crippen LogP contribution is 2.32. The highest BCUT2D eigenvalue weighted by Gasteiger charge is 2.22. The van der Waals surface area contributed by atoms with E-state index in [1.165, 1.54) is 31.1 Å². The fraction of sp³-hybridized carbons (Fsp3) is 0.533. The third kappa shape index (κ3) is 2.45. The van der Waals surface area contributed by atoms with Gasteiger partial charge in [0.05, 0.1) is 18.7 Å². The van der Waals surface area contributed by atoms with E-state index in [-0.39, 0.29) is 0 Å². The van der Waals surface area contributed by atoms with Crippen LogP contribution in [0.3, 0.4) is 0 Å².